The van der Waals surface area contributed by atoms with Gasteiger partial charge in [-0.05, 0) is 18.2 Å². The number of imidazole rings is 1. The van der Waals surface area contributed by atoms with Crippen LogP contribution in [0.5, 0.6) is 5.75 Å². The van der Waals surface area contributed by atoms with Crippen LogP contribution < -0.4 is 10.5 Å². The highest BCUT2D eigenvalue weighted by atomic mass is 16.5. The molecule has 0 bridgehead atoms. The van der Waals surface area contributed by atoms with Crippen LogP contribution in [0.1, 0.15) is 16.8 Å². The molecular weight excluding hydrogens is 228 g/mol. The SMILES string of the molecule is COc1ccc(C#N)cc1Cn1cnc(CN)c1. The highest BCUT2D eigenvalue weighted by molar-refractivity contribution is 5.42. The van der Waals surface area contributed by atoms with E-state index in [1.165, 1.54) is 0 Å². The molecule has 1 aromatic heterocycles. The van der Waals surface area contributed by atoms with Crippen LogP contribution in [0.15, 0.2) is 30.7 Å². The molecule has 2 rings (SSSR count). The normalized spacial score (nSPS) is 10.1. The van der Waals surface area contributed by atoms with E-state index in [4.69, 9.17) is 15.7 Å². The molecule has 0 radical (unpaired) electrons. The van der Waals surface area contributed by atoms with E-state index in [1.807, 2.05) is 16.8 Å². The summed E-state index contributed by atoms with van der Waals surface area (Å²) in [6, 6.07) is 7.48. The maximum absolute atomic E-state index is 8.91. The third kappa shape index (κ3) is 2.50. The zero-order valence-corrected chi connectivity index (χ0v) is 10.1. The molecule has 5 heteroatoms. The number of nitrogens with two attached hydrogens (primary N) is 1. The molecule has 0 fully saturated rings. The van der Waals surface area contributed by atoms with Gasteiger partial charge in [0.25, 0.3) is 0 Å². The molecule has 0 aliphatic rings. The van der Waals surface area contributed by atoms with Gasteiger partial charge in [-0.3, -0.25) is 0 Å². The lowest BCUT2D eigenvalue weighted by molar-refractivity contribution is 0.408. The van der Waals surface area contributed by atoms with Gasteiger partial charge in [-0.1, -0.05) is 0 Å². The Labute approximate surface area is 105 Å². The summed E-state index contributed by atoms with van der Waals surface area (Å²) in [6.45, 7) is 1.02. The van der Waals surface area contributed by atoms with E-state index in [0.717, 1.165) is 17.0 Å². The second kappa shape index (κ2) is 5.34. The summed E-state index contributed by atoms with van der Waals surface area (Å²) < 4.78 is 7.20. The molecule has 2 N–H and O–H groups in total. The van der Waals surface area contributed by atoms with Crippen LogP contribution in [0.2, 0.25) is 0 Å². The van der Waals surface area contributed by atoms with Crippen molar-refractivity contribution in [3.05, 3.63) is 47.5 Å². The standard InChI is InChI=1S/C13H14N4O/c1-18-13-3-2-10(5-14)4-11(13)7-17-8-12(6-15)16-9-17/h2-4,8-9H,6-7,15H2,1H3. The van der Waals surface area contributed by atoms with Crippen LogP contribution in [0, 0.1) is 11.3 Å². The maximum atomic E-state index is 8.91. The molecule has 0 aliphatic heterocycles. The van der Waals surface area contributed by atoms with Crippen molar-refractivity contribution in [2.75, 3.05) is 7.11 Å². The first-order valence-corrected chi connectivity index (χ1v) is 5.54. The third-order valence-electron chi connectivity index (χ3n) is 2.66. The number of rotatable bonds is 4. The van der Waals surface area contributed by atoms with Crippen molar-refractivity contribution in [1.29, 1.82) is 5.26 Å². The van der Waals surface area contributed by atoms with Crippen LogP contribution in [0.25, 0.3) is 0 Å². The predicted molar refractivity (Wildman–Crippen MR) is 66.9 cm³/mol. The molecule has 2 aromatic rings. The molecule has 0 spiro atoms. The van der Waals surface area contributed by atoms with Crippen molar-refractivity contribution in [1.82, 2.24) is 9.55 Å². The lowest BCUT2D eigenvalue weighted by atomic mass is 10.1. The first kappa shape index (κ1) is 12.1. The van der Waals surface area contributed by atoms with Gasteiger partial charge in [-0.15, -0.1) is 0 Å². The number of nitriles is 1. The molecule has 0 amide bonds. The molecule has 1 heterocycles. The summed E-state index contributed by atoms with van der Waals surface area (Å²) >= 11 is 0. The maximum Gasteiger partial charge on any atom is 0.123 e. The predicted octanol–water partition coefficient (Wildman–Crippen LogP) is 1.27. The van der Waals surface area contributed by atoms with E-state index in [-0.39, 0.29) is 0 Å². The molecule has 92 valence electrons. The molecule has 18 heavy (non-hydrogen) atoms. The second-order valence-electron chi connectivity index (χ2n) is 3.88. The minimum Gasteiger partial charge on any atom is -0.496 e. The summed E-state index contributed by atoms with van der Waals surface area (Å²) in [6.07, 6.45) is 3.61. The number of hydrogen-bond acceptors (Lipinski definition) is 4. The highest BCUT2D eigenvalue weighted by Crippen LogP contribution is 2.20. The number of benzene rings is 1. The van der Waals surface area contributed by atoms with Gasteiger partial charge >= 0.3 is 0 Å². The van der Waals surface area contributed by atoms with E-state index in [9.17, 15) is 0 Å². The fraction of sp³-hybridized carbons (Fsp3) is 0.231. The first-order chi connectivity index (χ1) is 8.76. The monoisotopic (exact) mass is 242 g/mol. The largest absolute Gasteiger partial charge is 0.496 e. The van der Waals surface area contributed by atoms with Crippen LogP contribution in [0.3, 0.4) is 0 Å². The Morgan fingerprint density at radius 2 is 2.33 bits per heavy atom. The topological polar surface area (TPSA) is 76.9 Å². The smallest absolute Gasteiger partial charge is 0.123 e. The third-order valence-corrected chi connectivity index (χ3v) is 2.66. The van der Waals surface area contributed by atoms with Crippen molar-refractivity contribution < 1.29 is 4.74 Å². The summed E-state index contributed by atoms with van der Waals surface area (Å²) in [7, 11) is 1.62. The Morgan fingerprint density at radius 3 is 2.94 bits per heavy atom. The molecule has 0 atom stereocenters. The Bertz CT molecular complexity index is 583. The lowest BCUT2D eigenvalue weighted by Crippen LogP contribution is -2.01. The van der Waals surface area contributed by atoms with Crippen LogP contribution in [-0.4, -0.2) is 16.7 Å². The van der Waals surface area contributed by atoms with Gasteiger partial charge in [-0.2, -0.15) is 5.26 Å². The Kier molecular flexibility index (Phi) is 3.60. The zero-order chi connectivity index (χ0) is 13.0. The van der Waals surface area contributed by atoms with E-state index >= 15 is 0 Å². The van der Waals surface area contributed by atoms with Crippen molar-refractivity contribution in [3.8, 4) is 11.8 Å². The van der Waals surface area contributed by atoms with Gasteiger partial charge in [0.15, 0.2) is 0 Å². The van der Waals surface area contributed by atoms with Gasteiger partial charge in [0.1, 0.15) is 5.75 Å². The van der Waals surface area contributed by atoms with E-state index < -0.39 is 0 Å². The average molecular weight is 242 g/mol. The van der Waals surface area contributed by atoms with Crippen molar-refractivity contribution in [3.63, 3.8) is 0 Å². The number of ether oxygens (including phenoxy) is 1. The second-order valence-corrected chi connectivity index (χ2v) is 3.88. The highest BCUT2D eigenvalue weighted by Gasteiger charge is 2.06. The lowest BCUT2D eigenvalue weighted by Gasteiger charge is -2.09. The fourth-order valence-electron chi connectivity index (χ4n) is 1.77. The van der Waals surface area contributed by atoms with Crippen LogP contribution in [0.4, 0.5) is 0 Å². The van der Waals surface area contributed by atoms with E-state index in [0.29, 0.717) is 18.7 Å². The van der Waals surface area contributed by atoms with Crippen molar-refractivity contribution >= 4 is 0 Å². The number of hydrogen-bond donors (Lipinski definition) is 1. The van der Waals surface area contributed by atoms with E-state index in [2.05, 4.69) is 11.1 Å². The van der Waals surface area contributed by atoms with Gasteiger partial charge in [-0.25, -0.2) is 4.98 Å². The first-order valence-electron chi connectivity index (χ1n) is 5.54. The molecule has 5 nitrogen and oxygen atoms in total. The Balaban J connectivity index is 2.29. The van der Waals surface area contributed by atoms with Crippen LogP contribution >= 0.6 is 0 Å². The minimum atomic E-state index is 0.419. The summed E-state index contributed by atoms with van der Waals surface area (Å²) in [5, 5.41) is 8.91. The molecule has 1 aromatic carbocycles. The van der Waals surface area contributed by atoms with Crippen molar-refractivity contribution in [2.45, 2.75) is 13.1 Å². The van der Waals surface area contributed by atoms with Gasteiger partial charge in [0.2, 0.25) is 0 Å². The Morgan fingerprint density at radius 1 is 1.50 bits per heavy atom. The summed E-state index contributed by atoms with van der Waals surface area (Å²) in [5.74, 6) is 0.761. The minimum absolute atomic E-state index is 0.419. The quantitative estimate of drug-likeness (QED) is 0.875. The number of nitrogens with zero attached hydrogens (tertiary/aromatic N) is 3. The van der Waals surface area contributed by atoms with Gasteiger partial charge in [0, 0.05) is 18.3 Å². The number of methoxy groups -OCH3 is 1. The molecule has 0 saturated carbocycles. The van der Waals surface area contributed by atoms with Gasteiger partial charge < -0.3 is 15.0 Å². The average Bonchev–Trinajstić information content (AvgIpc) is 2.86. The summed E-state index contributed by atoms with van der Waals surface area (Å²) in [4.78, 5) is 4.16. The Hall–Kier alpha value is -2.32. The molecule has 0 saturated heterocycles. The van der Waals surface area contributed by atoms with Gasteiger partial charge in [0.05, 0.1) is 37.3 Å². The molecular formula is C13H14N4O. The van der Waals surface area contributed by atoms with Crippen molar-refractivity contribution in [2.24, 2.45) is 5.73 Å². The fourth-order valence-corrected chi connectivity index (χ4v) is 1.77. The van der Waals surface area contributed by atoms with E-state index in [1.54, 1.807) is 25.6 Å². The summed E-state index contributed by atoms with van der Waals surface area (Å²) in [5.41, 5.74) is 7.91. The van der Waals surface area contributed by atoms with Crippen LogP contribution in [-0.2, 0) is 13.1 Å². The zero-order valence-electron chi connectivity index (χ0n) is 10.1. The number of aromatic nitrogens is 2. The molecule has 0 aliphatic carbocycles. The molecule has 0 unspecified atom stereocenters.